The molecule has 6 nitrogen and oxygen atoms in total. The van der Waals surface area contributed by atoms with Gasteiger partial charge in [-0.3, -0.25) is 0 Å². The van der Waals surface area contributed by atoms with Gasteiger partial charge in [-0.05, 0) is 6.42 Å². The average Bonchev–Trinajstić information content (AvgIpc) is 2.57. The Kier molecular flexibility index (Phi) is 3.90. The zero-order valence-electron chi connectivity index (χ0n) is 8.64. The summed E-state index contributed by atoms with van der Waals surface area (Å²) in [6.45, 7) is 2.51. The van der Waals surface area contributed by atoms with Crippen molar-refractivity contribution in [3.8, 4) is 0 Å². The molecule has 0 aromatic rings. The Balaban J connectivity index is 2.58. The molecule has 0 unspecified atom stereocenters. The van der Waals surface area contributed by atoms with E-state index in [0.29, 0.717) is 6.54 Å². The number of hydrogen-bond donors (Lipinski definition) is 3. The lowest BCUT2D eigenvalue weighted by Crippen LogP contribution is -2.46. The van der Waals surface area contributed by atoms with E-state index in [1.807, 2.05) is 6.92 Å². The van der Waals surface area contributed by atoms with Crippen LogP contribution in [0.4, 0.5) is 4.79 Å². The second kappa shape index (κ2) is 4.97. The Morgan fingerprint density at radius 1 is 1.53 bits per heavy atom. The van der Waals surface area contributed by atoms with Crippen molar-refractivity contribution < 1.29 is 19.8 Å². The van der Waals surface area contributed by atoms with Crippen LogP contribution in [-0.2, 0) is 4.79 Å². The van der Waals surface area contributed by atoms with Crippen LogP contribution in [0.15, 0.2) is 0 Å². The van der Waals surface area contributed by atoms with E-state index in [-0.39, 0.29) is 13.0 Å². The van der Waals surface area contributed by atoms with Crippen LogP contribution in [0.25, 0.3) is 0 Å². The summed E-state index contributed by atoms with van der Waals surface area (Å²) in [5.74, 6) is -1.07. The molecule has 1 saturated heterocycles. The van der Waals surface area contributed by atoms with Crippen molar-refractivity contribution >= 4 is 12.0 Å². The van der Waals surface area contributed by atoms with E-state index in [1.54, 1.807) is 0 Å². The number of β-amino-alcohol motifs (C(OH)–C–C–N with tert-alkyl or cyclic N) is 1. The number of aliphatic hydroxyl groups is 1. The number of hydrogen-bond acceptors (Lipinski definition) is 3. The Labute approximate surface area is 87.9 Å². The molecule has 0 radical (unpaired) electrons. The maximum absolute atomic E-state index is 11.5. The molecule has 1 heterocycles. The van der Waals surface area contributed by atoms with E-state index >= 15 is 0 Å². The predicted octanol–water partition coefficient (Wildman–Crippen LogP) is -0.374. The standard InChI is InChI=1S/C9H16N2O4/c1-2-3-10-9(15)11-5-6(12)4-7(11)8(13)14/h6-7,12H,2-5H2,1H3,(H,10,15)(H,13,14)/t6-,7+/m1/s1. The molecular formula is C9H16N2O4. The molecule has 0 aromatic carbocycles. The molecule has 2 amide bonds. The number of amides is 2. The highest BCUT2D eigenvalue weighted by molar-refractivity contribution is 5.83. The first kappa shape index (κ1) is 11.8. The fraction of sp³-hybridized carbons (Fsp3) is 0.778. The number of nitrogens with one attached hydrogen (secondary N) is 1. The summed E-state index contributed by atoms with van der Waals surface area (Å²) in [5, 5.41) is 20.7. The highest BCUT2D eigenvalue weighted by atomic mass is 16.4. The molecule has 0 bridgehead atoms. The molecule has 3 N–H and O–H groups in total. The summed E-state index contributed by atoms with van der Waals surface area (Å²) in [4.78, 5) is 23.5. The second-order valence-corrected chi connectivity index (χ2v) is 3.63. The van der Waals surface area contributed by atoms with Crippen molar-refractivity contribution in [3.05, 3.63) is 0 Å². The maximum atomic E-state index is 11.5. The number of rotatable bonds is 3. The van der Waals surface area contributed by atoms with Gasteiger partial charge in [0.25, 0.3) is 0 Å². The number of aliphatic hydroxyl groups excluding tert-OH is 1. The quantitative estimate of drug-likeness (QED) is 0.600. The van der Waals surface area contributed by atoms with Gasteiger partial charge in [-0.1, -0.05) is 6.92 Å². The number of nitrogens with zero attached hydrogens (tertiary/aromatic N) is 1. The number of carbonyl (C=O) groups is 2. The predicted molar refractivity (Wildman–Crippen MR) is 52.4 cm³/mol. The third kappa shape index (κ3) is 2.82. The Hall–Kier alpha value is -1.30. The fourth-order valence-electron chi connectivity index (χ4n) is 1.61. The molecule has 0 saturated carbocycles. The van der Waals surface area contributed by atoms with Crippen molar-refractivity contribution in [3.63, 3.8) is 0 Å². The number of urea groups is 1. The summed E-state index contributed by atoms with van der Waals surface area (Å²) in [6, 6.07) is -1.32. The van der Waals surface area contributed by atoms with Gasteiger partial charge in [0.2, 0.25) is 0 Å². The maximum Gasteiger partial charge on any atom is 0.326 e. The van der Waals surface area contributed by atoms with Crippen molar-refractivity contribution in [2.75, 3.05) is 13.1 Å². The molecule has 1 rings (SSSR count). The van der Waals surface area contributed by atoms with E-state index in [9.17, 15) is 14.7 Å². The van der Waals surface area contributed by atoms with Crippen molar-refractivity contribution in [1.82, 2.24) is 10.2 Å². The van der Waals surface area contributed by atoms with Gasteiger partial charge in [0.15, 0.2) is 0 Å². The first-order valence-corrected chi connectivity index (χ1v) is 5.01. The van der Waals surface area contributed by atoms with Gasteiger partial charge in [-0.2, -0.15) is 0 Å². The zero-order valence-corrected chi connectivity index (χ0v) is 8.64. The minimum absolute atomic E-state index is 0.0898. The monoisotopic (exact) mass is 216 g/mol. The third-order valence-electron chi connectivity index (χ3n) is 2.35. The first-order valence-electron chi connectivity index (χ1n) is 5.01. The average molecular weight is 216 g/mol. The van der Waals surface area contributed by atoms with Gasteiger partial charge < -0.3 is 20.4 Å². The summed E-state index contributed by atoms with van der Waals surface area (Å²) in [6.07, 6.45) is 0.160. The molecule has 0 spiro atoms. The molecule has 1 fully saturated rings. The number of aliphatic carboxylic acids is 1. The Bertz CT molecular complexity index is 256. The normalized spacial score (nSPS) is 25.3. The smallest absolute Gasteiger partial charge is 0.326 e. The Morgan fingerprint density at radius 2 is 2.20 bits per heavy atom. The zero-order chi connectivity index (χ0) is 11.4. The van der Waals surface area contributed by atoms with E-state index in [1.165, 1.54) is 4.90 Å². The number of likely N-dealkylation sites (tertiary alicyclic amines) is 1. The van der Waals surface area contributed by atoms with Crippen molar-refractivity contribution in [2.45, 2.75) is 31.9 Å². The lowest BCUT2D eigenvalue weighted by Gasteiger charge is -2.21. The lowest BCUT2D eigenvalue weighted by atomic mass is 10.2. The third-order valence-corrected chi connectivity index (χ3v) is 2.35. The van der Waals surface area contributed by atoms with Crippen LogP contribution in [0, 0.1) is 0 Å². The molecule has 0 aliphatic carbocycles. The van der Waals surface area contributed by atoms with Crippen LogP contribution in [-0.4, -0.2) is 52.3 Å². The van der Waals surface area contributed by atoms with E-state index in [4.69, 9.17) is 5.11 Å². The summed E-state index contributed by atoms with van der Waals surface area (Å²) < 4.78 is 0. The first-order chi connectivity index (χ1) is 7.06. The molecule has 86 valence electrons. The van der Waals surface area contributed by atoms with Crippen LogP contribution in [0.2, 0.25) is 0 Å². The van der Waals surface area contributed by atoms with Gasteiger partial charge in [0.1, 0.15) is 6.04 Å². The summed E-state index contributed by atoms with van der Waals surface area (Å²) in [5.41, 5.74) is 0. The fourth-order valence-corrected chi connectivity index (χ4v) is 1.61. The van der Waals surface area contributed by atoms with Gasteiger partial charge in [-0.25, -0.2) is 9.59 Å². The van der Waals surface area contributed by atoms with Gasteiger partial charge in [0, 0.05) is 19.5 Å². The second-order valence-electron chi connectivity index (χ2n) is 3.63. The number of carbonyl (C=O) groups excluding carboxylic acids is 1. The summed E-state index contributed by atoms with van der Waals surface area (Å²) in [7, 11) is 0. The minimum Gasteiger partial charge on any atom is -0.480 e. The number of carboxylic acids is 1. The number of carboxylic acid groups (broad SMARTS) is 1. The van der Waals surface area contributed by atoms with E-state index in [0.717, 1.165) is 6.42 Å². The van der Waals surface area contributed by atoms with E-state index in [2.05, 4.69) is 5.32 Å². The van der Waals surface area contributed by atoms with Gasteiger partial charge in [-0.15, -0.1) is 0 Å². The lowest BCUT2D eigenvalue weighted by molar-refractivity contribution is -0.141. The van der Waals surface area contributed by atoms with E-state index < -0.39 is 24.1 Å². The van der Waals surface area contributed by atoms with Gasteiger partial charge >= 0.3 is 12.0 Å². The topological polar surface area (TPSA) is 89.9 Å². The van der Waals surface area contributed by atoms with Crippen LogP contribution >= 0.6 is 0 Å². The Morgan fingerprint density at radius 3 is 2.73 bits per heavy atom. The van der Waals surface area contributed by atoms with Crippen LogP contribution in [0.5, 0.6) is 0 Å². The molecule has 2 atom stereocenters. The SMILES string of the molecule is CCCNC(=O)N1C[C@H](O)C[C@H]1C(=O)O. The highest BCUT2D eigenvalue weighted by Crippen LogP contribution is 2.17. The summed E-state index contributed by atoms with van der Waals surface area (Å²) >= 11 is 0. The van der Waals surface area contributed by atoms with Crippen molar-refractivity contribution in [2.24, 2.45) is 0 Å². The molecule has 6 heteroatoms. The largest absolute Gasteiger partial charge is 0.480 e. The molecular weight excluding hydrogens is 200 g/mol. The van der Waals surface area contributed by atoms with Crippen molar-refractivity contribution in [1.29, 1.82) is 0 Å². The molecule has 1 aliphatic heterocycles. The molecule has 1 aliphatic rings. The minimum atomic E-state index is -1.07. The van der Waals surface area contributed by atoms with Gasteiger partial charge in [0.05, 0.1) is 6.10 Å². The molecule has 15 heavy (non-hydrogen) atoms. The highest BCUT2D eigenvalue weighted by Gasteiger charge is 2.38. The van der Waals surface area contributed by atoms with Crippen LogP contribution in [0.1, 0.15) is 19.8 Å². The van der Waals surface area contributed by atoms with Crippen LogP contribution in [0.3, 0.4) is 0 Å². The molecule has 0 aromatic heterocycles. The van der Waals surface area contributed by atoms with Crippen LogP contribution < -0.4 is 5.32 Å².